The van der Waals surface area contributed by atoms with Crippen molar-refractivity contribution in [1.29, 1.82) is 0 Å². The molecule has 2 saturated carbocycles. The summed E-state index contributed by atoms with van der Waals surface area (Å²) in [7, 11) is 7.78. The molecule has 6 rings (SSSR count). The van der Waals surface area contributed by atoms with Crippen molar-refractivity contribution in [3.8, 4) is 5.75 Å². The summed E-state index contributed by atoms with van der Waals surface area (Å²) in [5, 5.41) is 11.8. The number of carbonyl (C=O) groups is 3. The number of rotatable bonds is 12. The number of halogens is 1. The molecule has 0 aromatic heterocycles. The van der Waals surface area contributed by atoms with Crippen LogP contribution < -0.4 is 10.5 Å². The van der Waals surface area contributed by atoms with Gasteiger partial charge in [0, 0.05) is 43.3 Å². The van der Waals surface area contributed by atoms with Gasteiger partial charge in [0.1, 0.15) is 22.8 Å². The van der Waals surface area contributed by atoms with Gasteiger partial charge >= 0.3 is 0 Å². The number of ether oxygens (including phenoxy) is 3. The minimum Gasteiger partial charge on any atom is -0.510 e. The van der Waals surface area contributed by atoms with E-state index in [2.05, 4.69) is 11.8 Å². The fraction of sp³-hybridized carbons (Fsp3) is 0.639. The number of Topliss-reactive ketones (excluding diaryl/α,β-unsaturated/α-hetero) is 2. The molecule has 5 aliphatic rings. The SMILES string of the molecule is CCC1(CN(Cc2cc(OC)c3c(c2Cl)C[C@H]2C[C@H]4[C@H](N(C)C)C(O)=C(C(N)=O)C(=O)[C@@]4(OC)C(OC)=C2C3=O)CC2CC2)CCC1. The number of ketones is 2. The molecule has 0 saturated heterocycles. The molecule has 2 fully saturated rings. The van der Waals surface area contributed by atoms with Crippen LogP contribution in [-0.4, -0.2) is 92.5 Å². The van der Waals surface area contributed by atoms with Crippen molar-refractivity contribution in [2.45, 2.75) is 76.5 Å². The first-order chi connectivity index (χ1) is 22.4. The standard InChI is InChI=1S/C36H48ClN3O7/c1-7-35(11-8-12-35)18-40(16-19-9-10-19)17-21-15-24(45-4)26-22(28(21)37)13-20-14-23-29(39(2)3)31(42)27(34(38)44)32(43)36(23,47-6)33(46-5)25(20)30(26)41/h15,19-20,23,29,42H,7-14,16-18H2,1-6H3,(H2,38,44)/t20-,23-,29-,36+/m0/s1. The van der Waals surface area contributed by atoms with E-state index >= 15 is 0 Å². The molecule has 11 heteroatoms. The number of benzene rings is 1. The smallest absolute Gasteiger partial charge is 0.255 e. The van der Waals surface area contributed by atoms with Gasteiger partial charge in [0.15, 0.2) is 11.4 Å². The highest BCUT2D eigenvalue weighted by Gasteiger charge is 2.65. The van der Waals surface area contributed by atoms with Crippen molar-refractivity contribution < 1.29 is 33.7 Å². The van der Waals surface area contributed by atoms with Crippen LogP contribution in [0.1, 0.15) is 73.4 Å². The molecule has 0 bridgehead atoms. The number of allylic oxidation sites excluding steroid dienone is 1. The lowest BCUT2D eigenvalue weighted by Crippen LogP contribution is -2.64. The predicted molar refractivity (Wildman–Crippen MR) is 177 cm³/mol. The molecule has 0 radical (unpaired) electrons. The number of primary amides is 1. The Morgan fingerprint density at radius 2 is 1.85 bits per heavy atom. The third kappa shape index (κ3) is 5.30. The molecule has 3 N–H and O–H groups in total. The highest BCUT2D eigenvalue weighted by atomic mass is 35.5. The molecule has 0 aliphatic heterocycles. The lowest BCUT2D eigenvalue weighted by Gasteiger charge is -2.52. The number of fused-ring (bicyclic) bond motifs is 3. The second-order valence-electron chi connectivity index (χ2n) is 14.5. The van der Waals surface area contributed by atoms with Gasteiger partial charge in [-0.05, 0) is 93.5 Å². The molecular weight excluding hydrogens is 622 g/mol. The van der Waals surface area contributed by atoms with E-state index in [9.17, 15) is 19.5 Å². The minimum atomic E-state index is -1.85. The van der Waals surface area contributed by atoms with E-state index in [-0.39, 0.29) is 11.5 Å². The number of aliphatic hydroxyl groups is 1. The molecule has 0 spiro atoms. The summed E-state index contributed by atoms with van der Waals surface area (Å²) in [6, 6.07) is 1.09. The summed E-state index contributed by atoms with van der Waals surface area (Å²) in [5.74, 6) is -2.55. The highest BCUT2D eigenvalue weighted by Crippen LogP contribution is 2.55. The summed E-state index contributed by atoms with van der Waals surface area (Å²) in [6.45, 7) is 5.04. The van der Waals surface area contributed by atoms with Crippen molar-refractivity contribution in [2.24, 2.45) is 28.9 Å². The molecular formula is C36H48ClN3O7. The molecule has 1 amide bonds. The van der Waals surface area contributed by atoms with E-state index in [1.54, 1.807) is 26.1 Å². The highest BCUT2D eigenvalue weighted by molar-refractivity contribution is 6.33. The van der Waals surface area contributed by atoms with Crippen LogP contribution in [0.2, 0.25) is 5.02 Å². The predicted octanol–water partition coefficient (Wildman–Crippen LogP) is 4.61. The number of likely N-dealkylation sites (N-methyl/N-ethyl adjacent to an activating group) is 1. The lowest BCUT2D eigenvalue weighted by atomic mass is 9.58. The van der Waals surface area contributed by atoms with Crippen molar-refractivity contribution >= 4 is 29.1 Å². The summed E-state index contributed by atoms with van der Waals surface area (Å²) in [5.41, 5.74) is 5.90. The Bertz CT molecular complexity index is 1550. The number of nitrogens with two attached hydrogens (primary N) is 1. The summed E-state index contributed by atoms with van der Waals surface area (Å²) in [6.07, 6.45) is 8.18. The van der Waals surface area contributed by atoms with E-state index in [1.165, 1.54) is 46.3 Å². The Morgan fingerprint density at radius 1 is 1.15 bits per heavy atom. The third-order valence-electron chi connectivity index (χ3n) is 11.7. The molecule has 1 aromatic carbocycles. The van der Waals surface area contributed by atoms with Gasteiger partial charge in [-0.25, -0.2) is 0 Å². The molecule has 5 aliphatic carbocycles. The number of carbonyl (C=O) groups excluding carboxylic acids is 3. The summed E-state index contributed by atoms with van der Waals surface area (Å²) in [4.78, 5) is 45.6. The Balaban J connectivity index is 1.45. The number of hydrogen-bond acceptors (Lipinski definition) is 9. The maximum atomic E-state index is 14.6. The quantitative estimate of drug-likeness (QED) is 0.306. The Labute approximate surface area is 282 Å². The zero-order valence-electron chi connectivity index (χ0n) is 28.4. The molecule has 0 unspecified atom stereocenters. The van der Waals surface area contributed by atoms with Crippen LogP contribution in [0.4, 0.5) is 0 Å². The Morgan fingerprint density at radius 3 is 2.36 bits per heavy atom. The van der Waals surface area contributed by atoms with Crippen LogP contribution in [0.15, 0.2) is 28.7 Å². The van der Waals surface area contributed by atoms with Gasteiger partial charge in [0.2, 0.25) is 5.78 Å². The third-order valence-corrected chi connectivity index (χ3v) is 12.2. The normalized spacial score (nSPS) is 28.2. The van der Waals surface area contributed by atoms with E-state index in [0.717, 1.165) is 36.6 Å². The molecule has 1 aromatic rings. The van der Waals surface area contributed by atoms with Crippen molar-refractivity contribution in [2.75, 3.05) is 48.5 Å². The van der Waals surface area contributed by atoms with Gasteiger partial charge < -0.3 is 25.1 Å². The van der Waals surface area contributed by atoms with Gasteiger partial charge in [-0.3, -0.25) is 24.2 Å². The largest absolute Gasteiger partial charge is 0.510 e. The second-order valence-corrected chi connectivity index (χ2v) is 14.9. The van der Waals surface area contributed by atoms with Gasteiger partial charge in [-0.1, -0.05) is 24.9 Å². The Hall–Kier alpha value is -2.92. The average molecular weight is 670 g/mol. The van der Waals surface area contributed by atoms with Crippen LogP contribution in [-0.2, 0) is 32.0 Å². The molecule has 4 atom stereocenters. The van der Waals surface area contributed by atoms with E-state index < -0.39 is 46.5 Å². The molecule has 256 valence electrons. The second kappa shape index (κ2) is 12.5. The number of nitrogens with zero attached hydrogens (tertiary/aromatic N) is 2. The zero-order chi connectivity index (χ0) is 34.0. The number of aliphatic hydroxyl groups excluding tert-OH is 1. The molecule has 0 heterocycles. The maximum absolute atomic E-state index is 14.6. The Kier molecular flexibility index (Phi) is 9.04. The van der Waals surface area contributed by atoms with Crippen LogP contribution in [0, 0.1) is 23.2 Å². The lowest BCUT2D eigenvalue weighted by molar-refractivity contribution is -0.155. The fourth-order valence-corrected chi connectivity index (χ4v) is 9.32. The first-order valence-electron chi connectivity index (χ1n) is 16.8. The minimum absolute atomic E-state index is 0.0308. The molecule has 47 heavy (non-hydrogen) atoms. The summed E-state index contributed by atoms with van der Waals surface area (Å²) < 4.78 is 17.8. The van der Waals surface area contributed by atoms with E-state index in [1.807, 2.05) is 6.07 Å². The monoisotopic (exact) mass is 669 g/mol. The van der Waals surface area contributed by atoms with E-state index in [0.29, 0.717) is 46.7 Å². The molecule has 10 nitrogen and oxygen atoms in total. The van der Waals surface area contributed by atoms with Crippen LogP contribution in [0.25, 0.3) is 0 Å². The van der Waals surface area contributed by atoms with Gasteiger partial charge in [-0.15, -0.1) is 0 Å². The van der Waals surface area contributed by atoms with Crippen LogP contribution in [0.3, 0.4) is 0 Å². The number of methoxy groups -OCH3 is 3. The van der Waals surface area contributed by atoms with Crippen molar-refractivity contribution in [1.82, 2.24) is 9.80 Å². The van der Waals surface area contributed by atoms with Gasteiger partial charge in [0.05, 0.1) is 25.8 Å². The van der Waals surface area contributed by atoms with Crippen molar-refractivity contribution in [3.05, 3.63) is 50.4 Å². The fourth-order valence-electron chi connectivity index (χ4n) is 9.03. The van der Waals surface area contributed by atoms with Gasteiger partial charge in [-0.2, -0.15) is 0 Å². The van der Waals surface area contributed by atoms with E-state index in [4.69, 9.17) is 31.5 Å². The van der Waals surface area contributed by atoms with Crippen LogP contribution in [0.5, 0.6) is 5.75 Å². The number of hydrogen-bond donors (Lipinski definition) is 2. The zero-order valence-corrected chi connectivity index (χ0v) is 29.2. The topological polar surface area (TPSA) is 132 Å². The first kappa shape index (κ1) is 34.0. The maximum Gasteiger partial charge on any atom is 0.255 e. The number of amides is 1. The van der Waals surface area contributed by atoms with Gasteiger partial charge in [0.25, 0.3) is 5.91 Å². The average Bonchev–Trinajstić information content (AvgIpc) is 3.83. The van der Waals surface area contributed by atoms with Crippen molar-refractivity contribution in [3.63, 3.8) is 0 Å². The first-order valence-corrected chi connectivity index (χ1v) is 17.2. The van der Waals surface area contributed by atoms with Crippen LogP contribution >= 0.6 is 11.6 Å². The summed E-state index contributed by atoms with van der Waals surface area (Å²) >= 11 is 7.28.